The van der Waals surface area contributed by atoms with Crippen molar-refractivity contribution in [2.75, 3.05) is 13.2 Å². The average molecular weight is 270 g/mol. The predicted octanol–water partition coefficient (Wildman–Crippen LogP) is 1.91. The molecule has 0 aromatic heterocycles. The Morgan fingerprint density at radius 2 is 2.20 bits per heavy atom. The number of nitrogens with two attached hydrogens (primary N) is 1. The summed E-state index contributed by atoms with van der Waals surface area (Å²) >= 11 is 0. The summed E-state index contributed by atoms with van der Waals surface area (Å²) in [5, 5.41) is 3.67. The molecule has 1 aromatic carbocycles. The zero-order valence-corrected chi connectivity index (χ0v) is 12.0. The van der Waals surface area contributed by atoms with Gasteiger partial charge in [-0.2, -0.15) is 0 Å². The molecule has 1 heterocycles. The molecule has 20 heavy (non-hydrogen) atoms. The smallest absolute Gasteiger partial charge is 0.144 e. The molecule has 2 spiro atoms. The number of hydrogen-bond donors (Lipinski definition) is 2. The summed E-state index contributed by atoms with van der Waals surface area (Å²) in [5.41, 5.74) is 9.68. The normalized spacial score (nSPS) is 51.7. The van der Waals surface area contributed by atoms with Crippen molar-refractivity contribution in [3.05, 3.63) is 35.4 Å². The van der Waals surface area contributed by atoms with Gasteiger partial charge in [0.2, 0.25) is 0 Å². The van der Waals surface area contributed by atoms with E-state index in [0.717, 1.165) is 13.2 Å². The Kier molecular flexibility index (Phi) is 1.93. The molecule has 5 unspecified atom stereocenters. The van der Waals surface area contributed by atoms with Crippen LogP contribution in [0.4, 0.5) is 0 Å². The molecule has 0 radical (unpaired) electrons. The molecule has 3 nitrogen and oxygen atoms in total. The molecule has 3 bridgehead atoms. The van der Waals surface area contributed by atoms with Gasteiger partial charge in [-0.25, -0.2) is 0 Å². The van der Waals surface area contributed by atoms with Gasteiger partial charge in [-0.1, -0.05) is 24.3 Å². The van der Waals surface area contributed by atoms with E-state index in [-0.39, 0.29) is 16.7 Å². The van der Waals surface area contributed by atoms with E-state index in [1.165, 1.54) is 30.4 Å². The second-order valence-electron chi connectivity index (χ2n) is 7.27. The van der Waals surface area contributed by atoms with Gasteiger partial charge in [0.05, 0.1) is 12.1 Å². The lowest BCUT2D eigenvalue weighted by Crippen LogP contribution is -2.85. The van der Waals surface area contributed by atoms with Gasteiger partial charge in [-0.05, 0) is 43.2 Å². The summed E-state index contributed by atoms with van der Waals surface area (Å²) < 4.78 is 6.25. The number of ether oxygens (including phenoxy) is 1. The Hall–Kier alpha value is -0.900. The van der Waals surface area contributed by atoms with Crippen LogP contribution in [0.25, 0.3) is 0 Å². The third-order valence-electron chi connectivity index (χ3n) is 6.86. The molecule has 1 saturated heterocycles. The highest BCUT2D eigenvalue weighted by molar-refractivity contribution is 5.51. The zero-order valence-electron chi connectivity index (χ0n) is 12.0. The quantitative estimate of drug-likeness (QED) is 0.819. The number of aryl methyl sites for hydroxylation is 1. The van der Waals surface area contributed by atoms with E-state index in [0.29, 0.717) is 11.8 Å². The molecule has 6 rings (SSSR count). The summed E-state index contributed by atoms with van der Waals surface area (Å²) in [6.45, 7) is 3.98. The molecule has 3 N–H and O–H groups in total. The van der Waals surface area contributed by atoms with Crippen LogP contribution >= 0.6 is 0 Å². The van der Waals surface area contributed by atoms with Gasteiger partial charge < -0.3 is 10.5 Å². The Balaban J connectivity index is 1.70. The molecule has 5 atom stereocenters. The molecule has 1 aromatic rings. The van der Waals surface area contributed by atoms with Crippen LogP contribution < -0.4 is 11.1 Å². The van der Waals surface area contributed by atoms with Gasteiger partial charge in [0.1, 0.15) is 5.72 Å². The maximum atomic E-state index is 7.02. The van der Waals surface area contributed by atoms with E-state index >= 15 is 0 Å². The van der Waals surface area contributed by atoms with Crippen LogP contribution in [0.5, 0.6) is 0 Å². The maximum absolute atomic E-state index is 7.02. The van der Waals surface area contributed by atoms with Crippen LogP contribution in [0, 0.1) is 18.3 Å². The predicted molar refractivity (Wildman–Crippen MR) is 77.3 cm³/mol. The van der Waals surface area contributed by atoms with Crippen LogP contribution in [0.3, 0.4) is 0 Å². The maximum Gasteiger partial charge on any atom is 0.144 e. The van der Waals surface area contributed by atoms with Crippen LogP contribution in [0.1, 0.15) is 36.3 Å². The van der Waals surface area contributed by atoms with E-state index in [1.54, 1.807) is 0 Å². The van der Waals surface area contributed by atoms with Crippen molar-refractivity contribution >= 4 is 0 Å². The number of rotatable bonds is 1. The summed E-state index contributed by atoms with van der Waals surface area (Å²) in [4.78, 5) is 0. The summed E-state index contributed by atoms with van der Waals surface area (Å²) in [5.74, 6) is 1.10. The summed E-state index contributed by atoms with van der Waals surface area (Å²) in [7, 11) is 0. The lowest BCUT2D eigenvalue weighted by molar-refractivity contribution is -0.246. The first kappa shape index (κ1) is 11.7. The van der Waals surface area contributed by atoms with E-state index in [1.807, 2.05) is 0 Å². The zero-order chi connectivity index (χ0) is 13.6. The van der Waals surface area contributed by atoms with Crippen molar-refractivity contribution in [3.63, 3.8) is 0 Å². The average Bonchev–Trinajstić information content (AvgIpc) is 3.16. The van der Waals surface area contributed by atoms with Crippen LogP contribution in [0.2, 0.25) is 0 Å². The minimum atomic E-state index is -0.226. The molecular formula is C17H22N2O. The molecule has 4 aliphatic carbocycles. The van der Waals surface area contributed by atoms with Gasteiger partial charge in [-0.3, -0.25) is 5.32 Å². The van der Waals surface area contributed by atoms with Crippen molar-refractivity contribution in [1.82, 2.24) is 5.32 Å². The third-order valence-corrected chi connectivity index (χ3v) is 6.86. The fraction of sp³-hybridized carbons (Fsp3) is 0.647. The van der Waals surface area contributed by atoms with Crippen LogP contribution in [0.15, 0.2) is 24.3 Å². The highest BCUT2D eigenvalue weighted by atomic mass is 16.5. The van der Waals surface area contributed by atoms with E-state index in [9.17, 15) is 0 Å². The lowest BCUT2D eigenvalue weighted by atomic mass is 9.43. The largest absolute Gasteiger partial charge is 0.357 e. The third kappa shape index (κ3) is 0.902. The fourth-order valence-corrected chi connectivity index (χ4v) is 6.35. The molecule has 1 aliphatic heterocycles. The molecule has 4 saturated carbocycles. The van der Waals surface area contributed by atoms with Crippen molar-refractivity contribution in [3.8, 4) is 0 Å². The number of hydrogen-bond acceptors (Lipinski definition) is 3. The Bertz CT molecular complexity index is 586. The van der Waals surface area contributed by atoms with Crippen molar-refractivity contribution < 1.29 is 4.74 Å². The first-order valence-electron chi connectivity index (χ1n) is 7.89. The first-order chi connectivity index (χ1) is 9.66. The number of nitrogens with one attached hydrogen (secondary N) is 1. The van der Waals surface area contributed by atoms with Crippen LogP contribution in [-0.4, -0.2) is 24.4 Å². The summed E-state index contributed by atoms with van der Waals surface area (Å²) in [6, 6.07) is 8.78. The Morgan fingerprint density at radius 1 is 1.35 bits per heavy atom. The minimum absolute atomic E-state index is 0.201. The van der Waals surface area contributed by atoms with E-state index in [2.05, 4.69) is 36.5 Å². The van der Waals surface area contributed by atoms with Crippen molar-refractivity contribution in [1.29, 1.82) is 0 Å². The fourth-order valence-electron chi connectivity index (χ4n) is 6.35. The molecule has 5 fully saturated rings. The van der Waals surface area contributed by atoms with Crippen LogP contribution in [-0.2, 0) is 4.74 Å². The van der Waals surface area contributed by atoms with Gasteiger partial charge in [0, 0.05) is 17.9 Å². The van der Waals surface area contributed by atoms with Crippen molar-refractivity contribution in [2.45, 2.75) is 43.4 Å². The van der Waals surface area contributed by atoms with Gasteiger partial charge >= 0.3 is 0 Å². The van der Waals surface area contributed by atoms with Gasteiger partial charge in [0.15, 0.2) is 0 Å². The van der Waals surface area contributed by atoms with Crippen molar-refractivity contribution in [2.24, 2.45) is 17.1 Å². The monoisotopic (exact) mass is 270 g/mol. The Morgan fingerprint density at radius 3 is 2.85 bits per heavy atom. The highest BCUT2D eigenvalue weighted by Crippen LogP contribution is 2.83. The van der Waals surface area contributed by atoms with E-state index < -0.39 is 0 Å². The van der Waals surface area contributed by atoms with E-state index in [4.69, 9.17) is 10.5 Å². The van der Waals surface area contributed by atoms with Gasteiger partial charge in [-0.15, -0.1) is 0 Å². The SMILES string of the molecule is Cc1ccccc1C1C23CCC(C2)C1(N)C31NCCO1. The molecule has 5 aliphatic rings. The van der Waals surface area contributed by atoms with Gasteiger partial charge in [0.25, 0.3) is 0 Å². The Labute approximate surface area is 119 Å². The summed E-state index contributed by atoms with van der Waals surface area (Å²) in [6.07, 6.45) is 3.80. The topological polar surface area (TPSA) is 47.3 Å². The molecule has 3 heteroatoms. The lowest BCUT2D eigenvalue weighted by Gasteiger charge is -2.70. The molecular weight excluding hydrogens is 248 g/mol. The minimum Gasteiger partial charge on any atom is -0.357 e. The second kappa shape index (κ2) is 3.29. The number of benzene rings is 1. The first-order valence-corrected chi connectivity index (χ1v) is 7.89. The second-order valence-corrected chi connectivity index (χ2v) is 7.27. The standard InChI is InChI=1S/C17H22N2O/c1-11-4-2-3-5-13(11)14-15-7-6-12(10-15)16(14,18)17(15)19-8-9-20-17/h2-5,12,14,19H,6-10,18H2,1H3. The molecule has 106 valence electrons. The molecule has 0 amide bonds. The highest BCUT2D eigenvalue weighted by Gasteiger charge is 2.89.